The van der Waals surface area contributed by atoms with E-state index in [0.717, 1.165) is 31.5 Å². The molecule has 1 aliphatic rings. The van der Waals surface area contributed by atoms with Gasteiger partial charge in [0.25, 0.3) is 0 Å². The number of aromatic nitrogens is 2. The standard InChI is InChI=1S/C22H31N5O3S/c1-4-27(5-2)31(29,30)20-9-7-18(8-10-20)17(3)25-21(28)19-11-15-26(16-12-19)22-23-13-6-14-24-22/h6-10,13-14,17,19H,4-5,11-12,15-16H2,1-3H3,(H,25,28). The van der Waals surface area contributed by atoms with Crippen LogP contribution in [0.25, 0.3) is 0 Å². The van der Waals surface area contributed by atoms with E-state index >= 15 is 0 Å². The molecule has 31 heavy (non-hydrogen) atoms. The summed E-state index contributed by atoms with van der Waals surface area (Å²) in [6, 6.07) is 8.37. The summed E-state index contributed by atoms with van der Waals surface area (Å²) >= 11 is 0. The first-order chi connectivity index (χ1) is 14.9. The molecule has 9 heteroatoms. The van der Waals surface area contributed by atoms with Crippen molar-refractivity contribution in [3.63, 3.8) is 0 Å². The maximum absolute atomic E-state index is 12.8. The third kappa shape index (κ3) is 5.40. The Balaban J connectivity index is 1.56. The van der Waals surface area contributed by atoms with E-state index in [-0.39, 0.29) is 22.8 Å². The van der Waals surface area contributed by atoms with Crippen molar-refractivity contribution in [1.29, 1.82) is 0 Å². The SMILES string of the molecule is CCN(CC)S(=O)(=O)c1ccc(C(C)NC(=O)C2CCN(c3ncccn3)CC2)cc1. The minimum absolute atomic E-state index is 0.0287. The maximum atomic E-state index is 12.8. The smallest absolute Gasteiger partial charge is 0.243 e. The van der Waals surface area contributed by atoms with Crippen molar-refractivity contribution in [3.05, 3.63) is 48.3 Å². The van der Waals surface area contributed by atoms with Crippen LogP contribution in [0.3, 0.4) is 0 Å². The Hall–Kier alpha value is -2.52. The summed E-state index contributed by atoms with van der Waals surface area (Å²) in [5, 5.41) is 3.08. The highest BCUT2D eigenvalue weighted by atomic mass is 32.2. The number of anilines is 1. The number of carbonyl (C=O) groups excluding carboxylic acids is 1. The number of amides is 1. The largest absolute Gasteiger partial charge is 0.349 e. The molecule has 0 spiro atoms. The topological polar surface area (TPSA) is 95.5 Å². The van der Waals surface area contributed by atoms with E-state index in [2.05, 4.69) is 20.2 Å². The van der Waals surface area contributed by atoms with Gasteiger partial charge in [0, 0.05) is 44.5 Å². The Bertz CT molecular complexity index is 954. The van der Waals surface area contributed by atoms with Crippen LogP contribution >= 0.6 is 0 Å². The molecular weight excluding hydrogens is 414 g/mol. The van der Waals surface area contributed by atoms with Gasteiger partial charge in [-0.25, -0.2) is 18.4 Å². The van der Waals surface area contributed by atoms with Crippen LogP contribution in [0.15, 0.2) is 47.6 Å². The molecule has 1 atom stereocenters. The van der Waals surface area contributed by atoms with Gasteiger partial charge in [0.05, 0.1) is 10.9 Å². The highest BCUT2D eigenvalue weighted by Crippen LogP contribution is 2.23. The first-order valence-corrected chi connectivity index (χ1v) is 12.2. The molecule has 2 aromatic rings. The Morgan fingerprint density at radius 3 is 2.26 bits per heavy atom. The van der Waals surface area contributed by atoms with E-state index in [4.69, 9.17) is 0 Å². The van der Waals surface area contributed by atoms with Crippen LogP contribution in [0.5, 0.6) is 0 Å². The first kappa shape index (κ1) is 23.1. The lowest BCUT2D eigenvalue weighted by molar-refractivity contribution is -0.126. The number of sulfonamides is 1. The fourth-order valence-corrected chi connectivity index (χ4v) is 5.31. The summed E-state index contributed by atoms with van der Waals surface area (Å²) < 4.78 is 26.7. The van der Waals surface area contributed by atoms with Gasteiger partial charge >= 0.3 is 0 Å². The van der Waals surface area contributed by atoms with Crippen molar-refractivity contribution in [2.45, 2.75) is 44.6 Å². The average Bonchev–Trinajstić information content (AvgIpc) is 2.80. The van der Waals surface area contributed by atoms with E-state index < -0.39 is 10.0 Å². The molecule has 0 aliphatic carbocycles. The van der Waals surface area contributed by atoms with Crippen molar-refractivity contribution < 1.29 is 13.2 Å². The van der Waals surface area contributed by atoms with E-state index in [0.29, 0.717) is 19.0 Å². The Morgan fingerprint density at radius 2 is 1.71 bits per heavy atom. The van der Waals surface area contributed by atoms with Crippen LogP contribution in [0, 0.1) is 5.92 Å². The van der Waals surface area contributed by atoms with Gasteiger partial charge in [0.2, 0.25) is 21.9 Å². The molecule has 1 aromatic carbocycles. The Labute approximate surface area is 184 Å². The average molecular weight is 446 g/mol. The van der Waals surface area contributed by atoms with Crippen LogP contribution in [0.1, 0.15) is 45.2 Å². The predicted molar refractivity (Wildman–Crippen MR) is 120 cm³/mol. The van der Waals surface area contributed by atoms with Gasteiger partial charge < -0.3 is 10.2 Å². The summed E-state index contributed by atoms with van der Waals surface area (Å²) in [6.45, 7) is 7.92. The second-order valence-electron chi connectivity index (χ2n) is 7.70. The Morgan fingerprint density at radius 1 is 1.13 bits per heavy atom. The van der Waals surface area contributed by atoms with Gasteiger partial charge in [-0.15, -0.1) is 0 Å². The molecule has 0 bridgehead atoms. The lowest BCUT2D eigenvalue weighted by atomic mass is 9.95. The third-order valence-corrected chi connectivity index (χ3v) is 7.85. The molecule has 0 radical (unpaired) electrons. The van der Waals surface area contributed by atoms with E-state index in [1.165, 1.54) is 4.31 Å². The fraction of sp³-hybridized carbons (Fsp3) is 0.500. The number of carbonyl (C=O) groups is 1. The first-order valence-electron chi connectivity index (χ1n) is 10.8. The van der Waals surface area contributed by atoms with Crippen molar-refractivity contribution in [2.75, 3.05) is 31.1 Å². The quantitative estimate of drug-likeness (QED) is 0.671. The zero-order valence-corrected chi connectivity index (χ0v) is 19.2. The zero-order valence-electron chi connectivity index (χ0n) is 18.4. The number of piperidine rings is 1. The highest BCUT2D eigenvalue weighted by molar-refractivity contribution is 7.89. The summed E-state index contributed by atoms with van der Waals surface area (Å²) in [5.74, 6) is 0.681. The van der Waals surface area contributed by atoms with Gasteiger partial charge in [-0.3, -0.25) is 4.79 Å². The van der Waals surface area contributed by atoms with E-state index in [9.17, 15) is 13.2 Å². The van der Waals surface area contributed by atoms with Crippen molar-refractivity contribution in [1.82, 2.24) is 19.6 Å². The zero-order chi connectivity index (χ0) is 22.4. The molecule has 2 heterocycles. The Kier molecular flexibility index (Phi) is 7.61. The molecule has 3 rings (SSSR count). The molecule has 1 aliphatic heterocycles. The molecule has 1 fully saturated rings. The molecular formula is C22H31N5O3S. The van der Waals surface area contributed by atoms with Gasteiger partial charge in [-0.2, -0.15) is 4.31 Å². The lowest BCUT2D eigenvalue weighted by Gasteiger charge is -2.31. The van der Waals surface area contributed by atoms with Crippen LogP contribution < -0.4 is 10.2 Å². The molecule has 1 amide bonds. The minimum atomic E-state index is -3.48. The fourth-order valence-electron chi connectivity index (χ4n) is 3.85. The predicted octanol–water partition coefficient (Wildman–Crippen LogP) is 2.60. The van der Waals surface area contributed by atoms with Crippen LogP contribution in [-0.4, -0.2) is 54.8 Å². The number of benzene rings is 1. The minimum Gasteiger partial charge on any atom is -0.349 e. The van der Waals surface area contributed by atoms with Crippen LogP contribution in [0.2, 0.25) is 0 Å². The van der Waals surface area contributed by atoms with Gasteiger partial charge in [0.15, 0.2) is 0 Å². The number of nitrogens with one attached hydrogen (secondary N) is 1. The third-order valence-electron chi connectivity index (χ3n) is 5.78. The normalized spacial score (nSPS) is 16.3. The van der Waals surface area contributed by atoms with Gasteiger partial charge in [-0.1, -0.05) is 26.0 Å². The second kappa shape index (κ2) is 10.2. The molecule has 168 valence electrons. The van der Waals surface area contributed by atoms with Gasteiger partial charge in [-0.05, 0) is 43.5 Å². The molecule has 8 nitrogen and oxygen atoms in total. The number of hydrogen-bond donors (Lipinski definition) is 1. The lowest BCUT2D eigenvalue weighted by Crippen LogP contribution is -2.41. The van der Waals surface area contributed by atoms with Crippen LogP contribution in [-0.2, 0) is 14.8 Å². The summed E-state index contributed by atoms with van der Waals surface area (Å²) in [4.78, 5) is 23.7. The molecule has 0 saturated carbocycles. The van der Waals surface area contributed by atoms with Crippen molar-refractivity contribution in [3.8, 4) is 0 Å². The molecule has 1 N–H and O–H groups in total. The monoisotopic (exact) mass is 445 g/mol. The number of nitrogens with zero attached hydrogens (tertiary/aromatic N) is 4. The highest BCUT2D eigenvalue weighted by Gasteiger charge is 2.27. The second-order valence-corrected chi connectivity index (χ2v) is 9.64. The van der Waals surface area contributed by atoms with Crippen molar-refractivity contribution in [2.24, 2.45) is 5.92 Å². The summed E-state index contributed by atoms with van der Waals surface area (Å²) in [6.07, 6.45) is 4.94. The summed E-state index contributed by atoms with van der Waals surface area (Å²) in [7, 11) is -3.48. The van der Waals surface area contributed by atoms with E-state index in [1.807, 2.05) is 20.8 Å². The maximum Gasteiger partial charge on any atom is 0.243 e. The number of hydrogen-bond acceptors (Lipinski definition) is 6. The van der Waals surface area contributed by atoms with Gasteiger partial charge in [0.1, 0.15) is 0 Å². The van der Waals surface area contributed by atoms with E-state index in [1.54, 1.807) is 42.7 Å². The summed E-state index contributed by atoms with van der Waals surface area (Å²) in [5.41, 5.74) is 0.877. The van der Waals surface area contributed by atoms with Crippen LogP contribution in [0.4, 0.5) is 5.95 Å². The van der Waals surface area contributed by atoms with Crippen molar-refractivity contribution >= 4 is 21.9 Å². The molecule has 1 aromatic heterocycles. The molecule has 1 saturated heterocycles. The molecule has 1 unspecified atom stereocenters. The number of rotatable bonds is 8.